The van der Waals surface area contributed by atoms with Crippen molar-refractivity contribution in [1.29, 1.82) is 0 Å². The van der Waals surface area contributed by atoms with Crippen molar-refractivity contribution >= 4 is 5.91 Å². The van der Waals surface area contributed by atoms with E-state index in [0.717, 1.165) is 24.5 Å². The van der Waals surface area contributed by atoms with Crippen LogP contribution in [0, 0.1) is 18.6 Å². The molecule has 116 valence electrons. The van der Waals surface area contributed by atoms with Gasteiger partial charge < -0.3 is 4.90 Å². The molecule has 0 spiro atoms. The molecule has 2 aromatic rings. The quantitative estimate of drug-likeness (QED) is 0.874. The molecule has 1 aromatic heterocycles. The van der Waals surface area contributed by atoms with Crippen LogP contribution in [0.3, 0.4) is 0 Å². The van der Waals surface area contributed by atoms with Crippen LogP contribution in [0.2, 0.25) is 0 Å². The van der Waals surface area contributed by atoms with Crippen molar-refractivity contribution in [3.05, 3.63) is 53.4 Å². The van der Waals surface area contributed by atoms with E-state index in [9.17, 15) is 13.6 Å². The number of aryl methyl sites for hydroxylation is 1. The van der Waals surface area contributed by atoms with Crippen molar-refractivity contribution in [2.45, 2.75) is 32.4 Å². The number of hydrogen-bond donors (Lipinski definition) is 0. The minimum Gasteiger partial charge on any atom is -0.334 e. The lowest BCUT2D eigenvalue weighted by atomic mass is 10.1. The van der Waals surface area contributed by atoms with Crippen LogP contribution < -0.4 is 0 Å². The molecule has 1 aliphatic heterocycles. The van der Waals surface area contributed by atoms with Crippen LogP contribution >= 0.6 is 0 Å². The van der Waals surface area contributed by atoms with E-state index in [1.807, 2.05) is 13.1 Å². The minimum atomic E-state index is -1.08. The Hall–Kier alpha value is -2.24. The van der Waals surface area contributed by atoms with E-state index < -0.39 is 17.5 Å². The number of likely N-dealkylation sites (tertiary alicyclic amines) is 1. The number of hydrogen-bond acceptors (Lipinski definition) is 2. The number of carbonyl (C=O) groups is 1. The molecule has 0 radical (unpaired) electrons. The van der Waals surface area contributed by atoms with Gasteiger partial charge in [0.2, 0.25) is 0 Å². The van der Waals surface area contributed by atoms with Crippen molar-refractivity contribution < 1.29 is 13.6 Å². The largest absolute Gasteiger partial charge is 0.334 e. The average molecular weight is 305 g/mol. The Kier molecular flexibility index (Phi) is 3.92. The molecular weight excluding hydrogens is 288 g/mol. The number of carbonyl (C=O) groups excluding carboxylic acids is 1. The number of nitrogens with zero attached hydrogens (tertiary/aromatic N) is 3. The highest BCUT2D eigenvalue weighted by atomic mass is 19.2. The highest BCUT2D eigenvalue weighted by molar-refractivity contribution is 5.94. The van der Waals surface area contributed by atoms with Gasteiger partial charge in [-0.25, -0.2) is 8.78 Å². The van der Waals surface area contributed by atoms with Gasteiger partial charge in [0.25, 0.3) is 5.91 Å². The van der Waals surface area contributed by atoms with Crippen molar-refractivity contribution in [3.63, 3.8) is 0 Å². The number of halogens is 2. The van der Waals surface area contributed by atoms with Gasteiger partial charge in [-0.15, -0.1) is 0 Å². The van der Waals surface area contributed by atoms with E-state index in [2.05, 4.69) is 5.10 Å². The maximum Gasteiger partial charge on any atom is 0.257 e. The summed E-state index contributed by atoms with van der Waals surface area (Å²) < 4.78 is 28.9. The second kappa shape index (κ2) is 5.87. The van der Waals surface area contributed by atoms with Crippen molar-refractivity contribution in [2.75, 3.05) is 6.54 Å². The molecule has 22 heavy (non-hydrogen) atoms. The van der Waals surface area contributed by atoms with Gasteiger partial charge in [0.15, 0.2) is 11.6 Å². The Morgan fingerprint density at radius 3 is 2.95 bits per heavy atom. The first-order chi connectivity index (χ1) is 10.6. The summed E-state index contributed by atoms with van der Waals surface area (Å²) in [6.07, 6.45) is 5.35. The molecule has 1 aliphatic rings. The highest BCUT2D eigenvalue weighted by Crippen LogP contribution is 2.23. The van der Waals surface area contributed by atoms with Gasteiger partial charge in [-0.1, -0.05) is 6.07 Å². The Labute approximate surface area is 127 Å². The second-order valence-electron chi connectivity index (χ2n) is 5.64. The maximum atomic E-state index is 13.8. The van der Waals surface area contributed by atoms with E-state index >= 15 is 0 Å². The minimum absolute atomic E-state index is 0.0468. The third kappa shape index (κ3) is 2.73. The summed E-state index contributed by atoms with van der Waals surface area (Å²) >= 11 is 0. The zero-order valence-electron chi connectivity index (χ0n) is 12.3. The van der Waals surface area contributed by atoms with Gasteiger partial charge in [-0.2, -0.15) is 5.10 Å². The van der Waals surface area contributed by atoms with Crippen molar-refractivity contribution in [2.24, 2.45) is 0 Å². The van der Waals surface area contributed by atoms with Gasteiger partial charge in [0, 0.05) is 12.7 Å². The lowest BCUT2D eigenvalue weighted by molar-refractivity contribution is 0.0715. The third-order valence-electron chi connectivity index (χ3n) is 3.98. The van der Waals surface area contributed by atoms with E-state index in [0.29, 0.717) is 13.1 Å². The second-order valence-corrected chi connectivity index (χ2v) is 5.64. The third-order valence-corrected chi connectivity index (χ3v) is 3.98. The molecule has 1 fully saturated rings. The molecular formula is C16H17F2N3O. The molecule has 1 aromatic carbocycles. The van der Waals surface area contributed by atoms with Crippen LogP contribution in [-0.2, 0) is 6.54 Å². The van der Waals surface area contributed by atoms with Crippen molar-refractivity contribution in [1.82, 2.24) is 14.7 Å². The monoisotopic (exact) mass is 305 g/mol. The average Bonchev–Trinajstić information content (AvgIpc) is 3.11. The topological polar surface area (TPSA) is 38.1 Å². The zero-order chi connectivity index (χ0) is 15.7. The smallest absolute Gasteiger partial charge is 0.257 e. The number of amides is 1. The summed E-state index contributed by atoms with van der Waals surface area (Å²) in [5.74, 6) is -2.53. The van der Waals surface area contributed by atoms with Crippen LogP contribution in [0.25, 0.3) is 0 Å². The molecule has 6 heteroatoms. The molecule has 1 amide bonds. The summed E-state index contributed by atoms with van der Waals surface area (Å²) in [5, 5.41) is 4.22. The molecule has 1 atom stereocenters. The van der Waals surface area contributed by atoms with Gasteiger partial charge in [0.1, 0.15) is 0 Å². The number of benzene rings is 1. The standard InChI is InChI=1S/C16H17F2N3O/c1-11-8-19-20(9-11)10-12-4-3-7-21(12)16(22)13-5-2-6-14(17)15(13)18/h2,5-6,8-9,12H,3-4,7,10H2,1H3/t12-/m0/s1. The van der Waals surface area contributed by atoms with Crippen LogP contribution in [0.15, 0.2) is 30.6 Å². The van der Waals surface area contributed by atoms with Gasteiger partial charge in [-0.05, 0) is 37.5 Å². The fourth-order valence-corrected chi connectivity index (χ4v) is 2.90. The maximum absolute atomic E-state index is 13.8. The molecule has 2 heterocycles. The first-order valence-electron chi connectivity index (χ1n) is 7.30. The van der Waals surface area contributed by atoms with Crippen LogP contribution in [0.1, 0.15) is 28.8 Å². The van der Waals surface area contributed by atoms with E-state index in [4.69, 9.17) is 0 Å². The Balaban J connectivity index is 1.80. The molecule has 0 N–H and O–H groups in total. The zero-order valence-corrected chi connectivity index (χ0v) is 12.3. The normalized spacial score (nSPS) is 18.0. The fourth-order valence-electron chi connectivity index (χ4n) is 2.90. The SMILES string of the molecule is Cc1cnn(C[C@@H]2CCCN2C(=O)c2cccc(F)c2F)c1. The van der Waals surface area contributed by atoms with Gasteiger partial charge >= 0.3 is 0 Å². The van der Waals surface area contributed by atoms with Gasteiger partial charge in [-0.3, -0.25) is 9.48 Å². The lowest BCUT2D eigenvalue weighted by Crippen LogP contribution is -2.38. The van der Waals surface area contributed by atoms with Crippen LogP contribution in [0.4, 0.5) is 8.78 Å². The lowest BCUT2D eigenvalue weighted by Gasteiger charge is -2.25. The van der Waals surface area contributed by atoms with E-state index in [1.165, 1.54) is 12.1 Å². The highest BCUT2D eigenvalue weighted by Gasteiger charge is 2.31. The van der Waals surface area contributed by atoms with Gasteiger partial charge in [0.05, 0.1) is 24.3 Å². The molecule has 0 aliphatic carbocycles. The van der Waals surface area contributed by atoms with Crippen LogP contribution in [-0.4, -0.2) is 33.2 Å². The Bertz CT molecular complexity index is 698. The number of aromatic nitrogens is 2. The summed E-state index contributed by atoms with van der Waals surface area (Å²) in [7, 11) is 0. The molecule has 3 rings (SSSR count). The van der Waals surface area contributed by atoms with E-state index in [1.54, 1.807) is 15.8 Å². The predicted octanol–water partition coefficient (Wildman–Crippen LogP) is 2.77. The predicted molar refractivity (Wildman–Crippen MR) is 77.4 cm³/mol. The summed E-state index contributed by atoms with van der Waals surface area (Å²) in [6.45, 7) is 3.07. The Morgan fingerprint density at radius 2 is 2.23 bits per heavy atom. The van der Waals surface area contributed by atoms with E-state index in [-0.39, 0.29) is 11.6 Å². The molecule has 0 saturated carbocycles. The first-order valence-corrected chi connectivity index (χ1v) is 7.30. The molecule has 0 bridgehead atoms. The summed E-state index contributed by atoms with van der Waals surface area (Å²) in [6, 6.07) is 3.65. The molecule has 4 nitrogen and oxygen atoms in total. The van der Waals surface area contributed by atoms with Crippen LogP contribution in [0.5, 0.6) is 0 Å². The molecule has 1 saturated heterocycles. The summed E-state index contributed by atoms with van der Waals surface area (Å²) in [5.41, 5.74) is 0.843. The Morgan fingerprint density at radius 1 is 1.41 bits per heavy atom. The number of rotatable bonds is 3. The fraction of sp³-hybridized carbons (Fsp3) is 0.375. The molecule has 0 unspecified atom stereocenters. The summed E-state index contributed by atoms with van der Waals surface area (Å²) in [4.78, 5) is 14.1. The first kappa shape index (κ1) is 14.7. The van der Waals surface area contributed by atoms with Crippen molar-refractivity contribution in [3.8, 4) is 0 Å².